The van der Waals surface area contributed by atoms with Crippen LogP contribution < -0.4 is 0 Å². The zero-order valence-electron chi connectivity index (χ0n) is 24.1. The van der Waals surface area contributed by atoms with Crippen LogP contribution in [0.1, 0.15) is 60.3 Å². The molecule has 37 heavy (non-hydrogen) atoms. The van der Waals surface area contributed by atoms with Crippen LogP contribution in [0.25, 0.3) is 0 Å². The highest BCUT2D eigenvalue weighted by Gasteiger charge is 2.44. The lowest BCUT2D eigenvalue weighted by molar-refractivity contribution is -0.156. The van der Waals surface area contributed by atoms with Crippen molar-refractivity contribution in [2.24, 2.45) is 23.7 Å². The van der Waals surface area contributed by atoms with Gasteiger partial charge in [-0.1, -0.05) is 57.2 Å². The van der Waals surface area contributed by atoms with Gasteiger partial charge < -0.3 is 24.2 Å². The number of esters is 1. The van der Waals surface area contributed by atoms with Crippen molar-refractivity contribution in [3.05, 3.63) is 47.6 Å². The number of hydrogen-bond donors (Lipinski definition) is 1. The number of rotatable bonds is 10. The Morgan fingerprint density at radius 1 is 1.24 bits per heavy atom. The number of likely N-dealkylation sites (N-methyl/N-ethyl adjacent to an activating group) is 1. The fourth-order valence-electron chi connectivity index (χ4n) is 5.81. The van der Waals surface area contributed by atoms with Crippen LogP contribution >= 0.6 is 0 Å². The number of carbonyl (C=O) groups excluding carboxylic acids is 1. The molecule has 0 unspecified atom stereocenters. The summed E-state index contributed by atoms with van der Waals surface area (Å²) in [6.07, 6.45) is 15.4. The maximum Gasteiger partial charge on any atom is 0.308 e. The zero-order chi connectivity index (χ0) is 27.3. The van der Waals surface area contributed by atoms with Gasteiger partial charge in [0.1, 0.15) is 6.10 Å². The second-order valence-electron chi connectivity index (χ2n) is 11.5. The first-order chi connectivity index (χ1) is 17.5. The number of carbonyl (C=O) groups is 1. The normalized spacial score (nSPS) is 37.7. The van der Waals surface area contributed by atoms with Gasteiger partial charge in [-0.2, -0.15) is 0 Å². The topological polar surface area (TPSA) is 68.2 Å². The van der Waals surface area contributed by atoms with Crippen molar-refractivity contribution in [2.45, 2.75) is 96.9 Å². The summed E-state index contributed by atoms with van der Waals surface area (Å²) in [5.41, 5.74) is 2.66. The summed E-state index contributed by atoms with van der Waals surface area (Å²) in [4.78, 5) is 13.8. The molecule has 0 aromatic rings. The molecule has 1 aliphatic carbocycles. The summed E-state index contributed by atoms with van der Waals surface area (Å²) in [5.74, 6) is 1.54. The van der Waals surface area contributed by atoms with Crippen LogP contribution in [0.4, 0.5) is 0 Å². The smallest absolute Gasteiger partial charge is 0.308 e. The van der Waals surface area contributed by atoms with Crippen molar-refractivity contribution in [1.29, 1.82) is 0 Å². The van der Waals surface area contributed by atoms with Crippen molar-refractivity contribution in [3.63, 3.8) is 0 Å². The van der Waals surface area contributed by atoms with E-state index in [9.17, 15) is 9.90 Å². The number of ether oxygens (including phenoxy) is 3. The summed E-state index contributed by atoms with van der Waals surface area (Å²) < 4.78 is 17.3. The van der Waals surface area contributed by atoms with Gasteiger partial charge >= 0.3 is 5.97 Å². The minimum Gasteiger partial charge on any atom is -0.469 e. The third-order valence-electron chi connectivity index (χ3n) is 8.44. The Hall–Kier alpha value is -1.73. The zero-order valence-corrected chi connectivity index (χ0v) is 24.1. The van der Waals surface area contributed by atoms with E-state index in [4.69, 9.17) is 14.2 Å². The molecular weight excluding hydrogens is 466 g/mol. The van der Waals surface area contributed by atoms with Crippen LogP contribution in [0, 0.1) is 23.7 Å². The highest BCUT2D eigenvalue weighted by Crippen LogP contribution is 2.48. The Balaban J connectivity index is 1.57. The average Bonchev–Trinajstić information content (AvgIpc) is 3.49. The fourth-order valence-corrected chi connectivity index (χ4v) is 5.81. The summed E-state index contributed by atoms with van der Waals surface area (Å²) in [7, 11) is 5.30. The average molecular weight is 516 g/mol. The predicted molar refractivity (Wildman–Crippen MR) is 148 cm³/mol. The molecule has 3 aliphatic rings. The number of allylic oxidation sites excluding steroid dienone is 4. The van der Waals surface area contributed by atoms with E-state index < -0.39 is 12.2 Å². The highest BCUT2D eigenvalue weighted by atomic mass is 16.5. The van der Waals surface area contributed by atoms with E-state index >= 15 is 0 Å². The molecule has 10 atom stereocenters. The first kappa shape index (κ1) is 29.8. The van der Waals surface area contributed by atoms with Crippen molar-refractivity contribution in [1.82, 2.24) is 4.90 Å². The van der Waals surface area contributed by atoms with Gasteiger partial charge in [0.2, 0.25) is 0 Å². The quantitative estimate of drug-likeness (QED) is 0.323. The van der Waals surface area contributed by atoms with Crippen LogP contribution in [0.2, 0.25) is 0 Å². The predicted octanol–water partition coefficient (Wildman–Crippen LogP) is 5.09. The number of aliphatic hydroxyl groups is 1. The lowest BCUT2D eigenvalue weighted by atomic mass is 9.92. The highest BCUT2D eigenvalue weighted by molar-refractivity contribution is 5.69. The van der Waals surface area contributed by atoms with Crippen molar-refractivity contribution < 1.29 is 24.1 Å². The Labute approximate surface area is 224 Å². The molecule has 2 heterocycles. The van der Waals surface area contributed by atoms with Gasteiger partial charge in [-0.05, 0) is 82.0 Å². The maximum absolute atomic E-state index is 11.8. The molecular formula is C31H49NO5. The molecule has 1 saturated heterocycles. The van der Waals surface area contributed by atoms with Gasteiger partial charge in [0.15, 0.2) is 0 Å². The molecule has 6 heteroatoms. The number of aliphatic hydroxyl groups excluding tert-OH is 1. The first-order valence-electron chi connectivity index (χ1n) is 14.0. The summed E-state index contributed by atoms with van der Waals surface area (Å²) in [5, 5.41) is 10.9. The lowest BCUT2D eigenvalue weighted by Gasteiger charge is -2.41. The standard InChI is InChI=1S/C31H49NO5/c1-9-27-20(3)11-14-28(37-27)21(4)16-19(2)10-12-24-22(5)25(24)13-15-29-31(34)26(32(6)7)17-23(36-29)18-30(33)35-8/h10-13,15-16,19,22-29,31,34H,9,14,17-18H2,1-8H3/b12-10+,15-13+,21-16+/t19-,22-,23+,24+,25+,26+,27-,28-,29+,31-/m1/s1. The monoisotopic (exact) mass is 515 g/mol. The fraction of sp³-hybridized carbons (Fsp3) is 0.710. The van der Waals surface area contributed by atoms with Crippen LogP contribution in [0.15, 0.2) is 47.6 Å². The van der Waals surface area contributed by atoms with Crippen molar-refractivity contribution in [3.8, 4) is 0 Å². The molecule has 0 spiro atoms. The molecule has 3 rings (SSSR count). The third kappa shape index (κ3) is 7.89. The molecule has 0 aromatic heterocycles. The summed E-state index contributed by atoms with van der Waals surface area (Å²) in [6, 6.07) is -0.0681. The minimum atomic E-state index is -0.635. The first-order valence-corrected chi connectivity index (χ1v) is 14.0. The van der Waals surface area contributed by atoms with Crippen LogP contribution in [0.3, 0.4) is 0 Å². The van der Waals surface area contributed by atoms with Gasteiger partial charge in [0.25, 0.3) is 0 Å². The van der Waals surface area contributed by atoms with Gasteiger partial charge in [-0.3, -0.25) is 4.79 Å². The van der Waals surface area contributed by atoms with E-state index in [0.29, 0.717) is 30.1 Å². The van der Waals surface area contributed by atoms with Gasteiger partial charge in [0.05, 0.1) is 37.9 Å². The van der Waals surface area contributed by atoms with Crippen LogP contribution in [-0.2, 0) is 19.0 Å². The van der Waals surface area contributed by atoms with Gasteiger partial charge in [0, 0.05) is 6.04 Å². The Bertz CT molecular complexity index is 890. The second-order valence-corrected chi connectivity index (χ2v) is 11.5. The lowest BCUT2D eigenvalue weighted by Crippen LogP contribution is -2.53. The molecule has 0 radical (unpaired) electrons. The molecule has 1 N–H and O–H groups in total. The van der Waals surface area contributed by atoms with Crippen LogP contribution in [0.5, 0.6) is 0 Å². The largest absolute Gasteiger partial charge is 0.469 e. The van der Waals surface area contributed by atoms with E-state index in [-0.39, 0.29) is 36.7 Å². The minimum absolute atomic E-state index is 0.0681. The Morgan fingerprint density at radius 2 is 1.95 bits per heavy atom. The molecule has 0 amide bonds. The summed E-state index contributed by atoms with van der Waals surface area (Å²) >= 11 is 0. The molecule has 2 aliphatic heterocycles. The maximum atomic E-state index is 11.8. The molecule has 0 bridgehead atoms. The SMILES string of the molecule is CC[C@H]1O[C@@H](/C(C)=C/[C@H](C)/C=C/[C@H]2[C@@H](C)[C@@H]2/C=C/[C@@H]2O[C@H](CC(=O)OC)C[C@H](N(C)C)[C@H]2O)CC=C1C. The van der Waals surface area contributed by atoms with Gasteiger partial charge in [-0.15, -0.1) is 0 Å². The van der Waals surface area contributed by atoms with E-state index in [0.717, 1.165) is 12.8 Å². The second kappa shape index (κ2) is 13.4. The Kier molecular flexibility index (Phi) is 10.8. The molecule has 6 nitrogen and oxygen atoms in total. The number of methoxy groups -OCH3 is 1. The van der Waals surface area contributed by atoms with Gasteiger partial charge in [-0.25, -0.2) is 0 Å². The van der Waals surface area contributed by atoms with E-state index in [1.165, 1.54) is 18.3 Å². The molecule has 208 valence electrons. The van der Waals surface area contributed by atoms with Crippen LogP contribution in [-0.4, -0.2) is 73.7 Å². The Morgan fingerprint density at radius 3 is 2.59 bits per heavy atom. The van der Waals surface area contributed by atoms with E-state index in [1.807, 2.05) is 25.1 Å². The molecule has 2 fully saturated rings. The van der Waals surface area contributed by atoms with E-state index in [2.05, 4.69) is 65.0 Å². The molecule has 0 aromatic carbocycles. The van der Waals surface area contributed by atoms with Crippen molar-refractivity contribution >= 4 is 5.97 Å². The number of nitrogens with zero attached hydrogens (tertiary/aromatic N) is 1. The van der Waals surface area contributed by atoms with E-state index in [1.54, 1.807) is 0 Å². The summed E-state index contributed by atoms with van der Waals surface area (Å²) in [6.45, 7) is 11.0. The number of hydrogen-bond acceptors (Lipinski definition) is 6. The molecule has 1 saturated carbocycles. The van der Waals surface area contributed by atoms with Crippen molar-refractivity contribution in [2.75, 3.05) is 21.2 Å². The third-order valence-corrected chi connectivity index (χ3v) is 8.44.